The minimum absolute atomic E-state index is 0.233. The van der Waals surface area contributed by atoms with Crippen LogP contribution in [0.3, 0.4) is 0 Å². The third kappa shape index (κ3) is 4.54. The van der Waals surface area contributed by atoms with Crippen LogP contribution in [0.5, 0.6) is 0 Å². The van der Waals surface area contributed by atoms with E-state index in [4.69, 9.17) is 0 Å². The third-order valence-electron chi connectivity index (χ3n) is 1.67. The standard InChI is InChI=1S/C9H18O/c1-4-5-6-7-9(10)8(2)3/h8H,4-7H2,1-3H3. The Hall–Kier alpha value is -0.330. The molecule has 60 valence electrons. The van der Waals surface area contributed by atoms with Crippen molar-refractivity contribution < 1.29 is 4.79 Å². The molecule has 0 aliphatic carbocycles. The fourth-order valence-electron chi connectivity index (χ4n) is 0.838. The molecule has 0 unspecified atom stereocenters. The van der Waals surface area contributed by atoms with Gasteiger partial charge in [0.2, 0.25) is 0 Å². The van der Waals surface area contributed by atoms with Gasteiger partial charge in [-0.15, -0.1) is 0 Å². The van der Waals surface area contributed by atoms with Crippen LogP contribution in [-0.2, 0) is 4.79 Å². The second kappa shape index (κ2) is 5.45. The summed E-state index contributed by atoms with van der Waals surface area (Å²) in [5.41, 5.74) is 0. The zero-order valence-electron chi connectivity index (χ0n) is 7.31. The molecule has 0 spiro atoms. The molecular formula is C9H18O. The van der Waals surface area contributed by atoms with Gasteiger partial charge < -0.3 is 0 Å². The third-order valence-corrected chi connectivity index (χ3v) is 1.67. The summed E-state index contributed by atoms with van der Waals surface area (Å²) in [6.07, 6.45) is 4.25. The monoisotopic (exact) mass is 142 g/mol. The zero-order chi connectivity index (χ0) is 7.98. The van der Waals surface area contributed by atoms with Gasteiger partial charge in [-0.2, -0.15) is 0 Å². The van der Waals surface area contributed by atoms with Gasteiger partial charge in [-0.05, 0) is 6.42 Å². The smallest absolute Gasteiger partial charge is 0.135 e. The van der Waals surface area contributed by atoms with Gasteiger partial charge in [0.05, 0.1) is 0 Å². The normalized spacial score (nSPS) is 10.4. The Bertz CT molecular complexity index is 94.9. The first-order valence-electron chi connectivity index (χ1n) is 4.21. The summed E-state index contributed by atoms with van der Waals surface area (Å²) in [4.78, 5) is 11.0. The minimum atomic E-state index is 0.233. The summed E-state index contributed by atoms with van der Waals surface area (Å²) in [6, 6.07) is 0. The average molecular weight is 142 g/mol. The number of carbonyl (C=O) groups is 1. The molecule has 0 N–H and O–H groups in total. The summed E-state index contributed by atoms with van der Waals surface area (Å²) in [6.45, 7) is 6.09. The Morgan fingerprint density at radius 2 is 1.90 bits per heavy atom. The van der Waals surface area contributed by atoms with Crippen LogP contribution in [0.1, 0.15) is 46.5 Å². The predicted molar refractivity (Wildman–Crippen MR) is 44.0 cm³/mol. The molecule has 1 heteroatoms. The molecule has 0 fully saturated rings. The zero-order valence-corrected chi connectivity index (χ0v) is 7.31. The lowest BCUT2D eigenvalue weighted by Gasteiger charge is -2.01. The van der Waals surface area contributed by atoms with Crippen molar-refractivity contribution >= 4 is 5.78 Å². The number of rotatable bonds is 5. The maximum atomic E-state index is 11.0. The first-order chi connectivity index (χ1) is 4.68. The summed E-state index contributed by atoms with van der Waals surface area (Å²) < 4.78 is 0. The van der Waals surface area contributed by atoms with Crippen molar-refractivity contribution in [1.29, 1.82) is 0 Å². The molecule has 0 rings (SSSR count). The number of Topliss-reactive ketones (excluding diaryl/α,β-unsaturated/α-hetero) is 1. The average Bonchev–Trinajstić information content (AvgIpc) is 1.88. The van der Waals surface area contributed by atoms with Crippen molar-refractivity contribution in [1.82, 2.24) is 0 Å². The summed E-state index contributed by atoms with van der Waals surface area (Å²) >= 11 is 0. The summed E-state index contributed by atoms with van der Waals surface area (Å²) in [5, 5.41) is 0. The molecule has 0 atom stereocenters. The van der Waals surface area contributed by atoms with E-state index in [2.05, 4.69) is 6.92 Å². The Balaban J connectivity index is 3.22. The molecular weight excluding hydrogens is 124 g/mol. The Kier molecular flexibility index (Phi) is 5.27. The van der Waals surface area contributed by atoms with E-state index < -0.39 is 0 Å². The molecule has 0 radical (unpaired) electrons. The van der Waals surface area contributed by atoms with Gasteiger partial charge in [0.25, 0.3) is 0 Å². The number of unbranched alkanes of at least 4 members (excludes halogenated alkanes) is 2. The highest BCUT2D eigenvalue weighted by atomic mass is 16.1. The predicted octanol–water partition coefficient (Wildman–Crippen LogP) is 2.79. The molecule has 0 amide bonds. The SMILES string of the molecule is CCCCCC(=O)C(C)C. The van der Waals surface area contributed by atoms with Crippen LogP contribution in [0.4, 0.5) is 0 Å². The molecule has 0 aliphatic rings. The molecule has 0 saturated carbocycles. The van der Waals surface area contributed by atoms with E-state index in [1.165, 1.54) is 12.8 Å². The van der Waals surface area contributed by atoms with Crippen LogP contribution in [0.25, 0.3) is 0 Å². The van der Waals surface area contributed by atoms with Crippen LogP contribution < -0.4 is 0 Å². The fourth-order valence-corrected chi connectivity index (χ4v) is 0.838. The lowest BCUT2D eigenvalue weighted by molar-refractivity contribution is -0.122. The van der Waals surface area contributed by atoms with E-state index in [1.807, 2.05) is 13.8 Å². The van der Waals surface area contributed by atoms with Crippen LogP contribution >= 0.6 is 0 Å². The maximum absolute atomic E-state index is 11.0. The van der Waals surface area contributed by atoms with Crippen molar-refractivity contribution in [2.75, 3.05) is 0 Å². The Labute approximate surface area is 63.8 Å². The molecule has 0 aliphatic heterocycles. The number of hydrogen-bond donors (Lipinski definition) is 0. The van der Waals surface area contributed by atoms with E-state index in [0.717, 1.165) is 12.8 Å². The van der Waals surface area contributed by atoms with Crippen molar-refractivity contribution in [3.05, 3.63) is 0 Å². The lowest BCUT2D eigenvalue weighted by Crippen LogP contribution is -2.05. The molecule has 0 bridgehead atoms. The highest BCUT2D eigenvalue weighted by molar-refractivity contribution is 5.80. The van der Waals surface area contributed by atoms with E-state index in [-0.39, 0.29) is 5.92 Å². The second-order valence-electron chi connectivity index (χ2n) is 3.08. The molecule has 0 aromatic heterocycles. The highest BCUT2D eigenvalue weighted by Crippen LogP contribution is 2.05. The molecule has 1 nitrogen and oxygen atoms in total. The van der Waals surface area contributed by atoms with Gasteiger partial charge in [-0.1, -0.05) is 33.6 Å². The van der Waals surface area contributed by atoms with Gasteiger partial charge in [-0.25, -0.2) is 0 Å². The van der Waals surface area contributed by atoms with E-state index in [9.17, 15) is 4.79 Å². The van der Waals surface area contributed by atoms with E-state index in [1.54, 1.807) is 0 Å². The first-order valence-corrected chi connectivity index (χ1v) is 4.21. The molecule has 0 aromatic rings. The molecule has 10 heavy (non-hydrogen) atoms. The van der Waals surface area contributed by atoms with Gasteiger partial charge in [0.1, 0.15) is 5.78 Å². The molecule has 0 heterocycles. The minimum Gasteiger partial charge on any atom is -0.299 e. The maximum Gasteiger partial charge on any atom is 0.135 e. The van der Waals surface area contributed by atoms with Crippen LogP contribution in [0.15, 0.2) is 0 Å². The van der Waals surface area contributed by atoms with Crippen molar-refractivity contribution in [2.45, 2.75) is 46.5 Å². The van der Waals surface area contributed by atoms with E-state index >= 15 is 0 Å². The van der Waals surface area contributed by atoms with Gasteiger partial charge in [0.15, 0.2) is 0 Å². The van der Waals surface area contributed by atoms with Gasteiger partial charge in [-0.3, -0.25) is 4.79 Å². The fraction of sp³-hybridized carbons (Fsp3) is 0.889. The number of ketones is 1. The van der Waals surface area contributed by atoms with Crippen LogP contribution in [0, 0.1) is 5.92 Å². The summed E-state index contributed by atoms with van der Waals surface area (Å²) in [7, 11) is 0. The van der Waals surface area contributed by atoms with Crippen molar-refractivity contribution in [3.63, 3.8) is 0 Å². The van der Waals surface area contributed by atoms with Crippen molar-refractivity contribution in [2.24, 2.45) is 5.92 Å². The van der Waals surface area contributed by atoms with Gasteiger partial charge >= 0.3 is 0 Å². The Morgan fingerprint density at radius 3 is 2.30 bits per heavy atom. The quantitative estimate of drug-likeness (QED) is 0.539. The van der Waals surface area contributed by atoms with Crippen LogP contribution in [0.2, 0.25) is 0 Å². The summed E-state index contributed by atoms with van der Waals surface area (Å²) in [5.74, 6) is 0.644. The highest BCUT2D eigenvalue weighted by Gasteiger charge is 2.04. The van der Waals surface area contributed by atoms with Crippen LogP contribution in [-0.4, -0.2) is 5.78 Å². The Morgan fingerprint density at radius 1 is 1.30 bits per heavy atom. The first kappa shape index (κ1) is 9.67. The number of carbonyl (C=O) groups excluding carboxylic acids is 1. The second-order valence-corrected chi connectivity index (χ2v) is 3.08. The van der Waals surface area contributed by atoms with Gasteiger partial charge in [0, 0.05) is 12.3 Å². The lowest BCUT2D eigenvalue weighted by atomic mass is 10.0. The molecule has 0 saturated heterocycles. The van der Waals surface area contributed by atoms with Crippen molar-refractivity contribution in [3.8, 4) is 0 Å². The number of hydrogen-bond acceptors (Lipinski definition) is 1. The largest absolute Gasteiger partial charge is 0.299 e. The topological polar surface area (TPSA) is 17.1 Å². The van der Waals surface area contributed by atoms with E-state index in [0.29, 0.717) is 5.78 Å². The molecule has 0 aromatic carbocycles.